The van der Waals surface area contributed by atoms with Crippen LogP contribution in [0.3, 0.4) is 0 Å². The number of hydrogen-bond donors (Lipinski definition) is 0. The molecular formula is C8H10N4S. The molecule has 2 rings (SSSR count). The monoisotopic (exact) mass is 194 g/mol. The zero-order valence-corrected chi connectivity index (χ0v) is 8.32. The molecular weight excluding hydrogens is 184 g/mol. The van der Waals surface area contributed by atoms with Crippen molar-refractivity contribution in [3.05, 3.63) is 24.5 Å². The zero-order valence-electron chi connectivity index (χ0n) is 7.51. The van der Waals surface area contributed by atoms with E-state index in [4.69, 9.17) is 0 Å². The molecule has 2 aromatic heterocycles. The highest BCUT2D eigenvalue weighted by Crippen LogP contribution is 2.16. The summed E-state index contributed by atoms with van der Waals surface area (Å²) in [5, 5.41) is 0.876. The van der Waals surface area contributed by atoms with Crippen molar-refractivity contribution in [1.82, 2.24) is 18.9 Å². The van der Waals surface area contributed by atoms with Gasteiger partial charge >= 0.3 is 0 Å². The van der Waals surface area contributed by atoms with Gasteiger partial charge in [-0.2, -0.15) is 4.37 Å². The van der Waals surface area contributed by atoms with E-state index in [0.29, 0.717) is 5.92 Å². The summed E-state index contributed by atoms with van der Waals surface area (Å²) in [5.41, 5.74) is 0. The summed E-state index contributed by atoms with van der Waals surface area (Å²) in [4.78, 5) is 8.34. The van der Waals surface area contributed by atoms with Crippen LogP contribution in [0.1, 0.15) is 25.6 Å². The van der Waals surface area contributed by atoms with Crippen molar-refractivity contribution < 1.29 is 0 Å². The average Bonchev–Trinajstić information content (AvgIpc) is 2.75. The van der Waals surface area contributed by atoms with Gasteiger partial charge in [-0.05, 0) is 0 Å². The van der Waals surface area contributed by atoms with Gasteiger partial charge in [-0.3, -0.25) is 4.57 Å². The molecule has 0 bridgehead atoms. The van der Waals surface area contributed by atoms with Crippen molar-refractivity contribution >= 4 is 11.5 Å². The van der Waals surface area contributed by atoms with E-state index in [9.17, 15) is 0 Å². The maximum Gasteiger partial charge on any atom is 0.214 e. The molecule has 0 saturated carbocycles. The molecule has 13 heavy (non-hydrogen) atoms. The third kappa shape index (κ3) is 1.60. The lowest BCUT2D eigenvalue weighted by Crippen LogP contribution is -1.92. The van der Waals surface area contributed by atoms with E-state index >= 15 is 0 Å². The quantitative estimate of drug-likeness (QED) is 0.732. The van der Waals surface area contributed by atoms with Gasteiger partial charge in [-0.25, -0.2) is 9.97 Å². The molecule has 0 aliphatic rings. The minimum Gasteiger partial charge on any atom is -0.281 e. The van der Waals surface area contributed by atoms with Gasteiger partial charge in [0.1, 0.15) is 12.2 Å². The highest BCUT2D eigenvalue weighted by Gasteiger charge is 2.07. The van der Waals surface area contributed by atoms with Crippen LogP contribution >= 0.6 is 11.5 Å². The molecule has 0 saturated heterocycles. The molecule has 0 N–H and O–H groups in total. The fraction of sp³-hybridized carbons (Fsp3) is 0.375. The molecule has 0 radical (unpaired) electrons. The Morgan fingerprint density at radius 2 is 2.31 bits per heavy atom. The van der Waals surface area contributed by atoms with Crippen LogP contribution < -0.4 is 0 Å². The van der Waals surface area contributed by atoms with Crippen LogP contribution in [-0.2, 0) is 0 Å². The molecule has 0 aliphatic carbocycles. The molecule has 4 nitrogen and oxygen atoms in total. The van der Waals surface area contributed by atoms with Crippen molar-refractivity contribution in [3.63, 3.8) is 0 Å². The van der Waals surface area contributed by atoms with Crippen LogP contribution in [0.4, 0.5) is 0 Å². The van der Waals surface area contributed by atoms with Gasteiger partial charge in [0.05, 0.1) is 0 Å². The van der Waals surface area contributed by atoms with Gasteiger partial charge < -0.3 is 0 Å². The van der Waals surface area contributed by atoms with Gasteiger partial charge in [0.15, 0.2) is 0 Å². The molecule has 0 atom stereocenters. The third-order valence-corrected chi connectivity index (χ3v) is 2.42. The first-order valence-corrected chi connectivity index (χ1v) is 4.86. The summed E-state index contributed by atoms with van der Waals surface area (Å²) in [6.45, 7) is 4.17. The first kappa shape index (κ1) is 8.37. The lowest BCUT2D eigenvalue weighted by atomic mass is 10.2. The summed E-state index contributed by atoms with van der Waals surface area (Å²) < 4.78 is 6.12. The lowest BCUT2D eigenvalue weighted by Gasteiger charge is -1.95. The third-order valence-electron chi connectivity index (χ3n) is 1.67. The molecule has 0 fully saturated rings. The summed E-state index contributed by atoms with van der Waals surface area (Å²) in [6, 6.07) is 0. The predicted octanol–water partition coefficient (Wildman–Crippen LogP) is 1.85. The Hall–Kier alpha value is -1.23. The van der Waals surface area contributed by atoms with Crippen LogP contribution in [0.25, 0.3) is 5.13 Å². The summed E-state index contributed by atoms with van der Waals surface area (Å²) >= 11 is 1.40. The second-order valence-corrected chi connectivity index (χ2v) is 3.79. The molecule has 0 aromatic carbocycles. The molecule has 0 unspecified atom stereocenters. The second-order valence-electron chi connectivity index (χ2n) is 3.06. The predicted molar refractivity (Wildman–Crippen MR) is 51.1 cm³/mol. The highest BCUT2D eigenvalue weighted by atomic mass is 32.1. The zero-order chi connectivity index (χ0) is 9.26. The summed E-state index contributed by atoms with van der Waals surface area (Å²) in [6.07, 6.45) is 5.33. The number of rotatable bonds is 2. The molecule has 0 spiro atoms. The average molecular weight is 194 g/mol. The Morgan fingerprint density at radius 1 is 1.46 bits per heavy atom. The molecule has 68 valence electrons. The SMILES string of the molecule is CC(C)c1nsc(-n2ccnc2)n1. The van der Waals surface area contributed by atoms with Gasteiger partial charge in [0.2, 0.25) is 5.13 Å². The molecule has 2 heterocycles. The minimum absolute atomic E-state index is 0.383. The summed E-state index contributed by atoms with van der Waals surface area (Å²) in [5.74, 6) is 1.28. The Labute approximate surface area is 80.4 Å². The molecule has 0 aliphatic heterocycles. The van der Waals surface area contributed by atoms with Crippen LogP contribution in [0.2, 0.25) is 0 Å². The Morgan fingerprint density at radius 3 is 2.85 bits per heavy atom. The van der Waals surface area contributed by atoms with E-state index in [0.717, 1.165) is 11.0 Å². The first-order valence-electron chi connectivity index (χ1n) is 4.09. The van der Waals surface area contributed by atoms with E-state index in [1.807, 2.05) is 10.8 Å². The van der Waals surface area contributed by atoms with Crippen LogP contribution in [-0.4, -0.2) is 18.9 Å². The van der Waals surface area contributed by atoms with Crippen molar-refractivity contribution in [3.8, 4) is 5.13 Å². The van der Waals surface area contributed by atoms with E-state index in [1.54, 1.807) is 12.5 Å². The van der Waals surface area contributed by atoms with Crippen LogP contribution in [0.5, 0.6) is 0 Å². The second kappa shape index (κ2) is 3.26. The number of nitrogens with zero attached hydrogens (tertiary/aromatic N) is 4. The number of aromatic nitrogens is 4. The Kier molecular flexibility index (Phi) is 2.10. The Balaban J connectivity index is 2.33. The van der Waals surface area contributed by atoms with Crippen molar-refractivity contribution in [2.45, 2.75) is 19.8 Å². The fourth-order valence-corrected chi connectivity index (χ4v) is 1.70. The minimum atomic E-state index is 0.383. The van der Waals surface area contributed by atoms with Crippen molar-refractivity contribution in [1.29, 1.82) is 0 Å². The molecule has 5 heteroatoms. The maximum absolute atomic E-state index is 4.38. The molecule has 2 aromatic rings. The van der Waals surface area contributed by atoms with E-state index in [-0.39, 0.29) is 0 Å². The number of hydrogen-bond acceptors (Lipinski definition) is 4. The topological polar surface area (TPSA) is 43.6 Å². The fourth-order valence-electron chi connectivity index (χ4n) is 0.938. The molecule has 0 amide bonds. The van der Waals surface area contributed by atoms with Crippen molar-refractivity contribution in [2.24, 2.45) is 0 Å². The largest absolute Gasteiger partial charge is 0.281 e. The Bertz CT molecular complexity index is 377. The lowest BCUT2D eigenvalue weighted by molar-refractivity contribution is 0.792. The van der Waals surface area contributed by atoms with Gasteiger partial charge in [0, 0.05) is 29.8 Å². The van der Waals surface area contributed by atoms with Gasteiger partial charge in [0.25, 0.3) is 0 Å². The smallest absolute Gasteiger partial charge is 0.214 e. The van der Waals surface area contributed by atoms with E-state index in [1.165, 1.54) is 11.5 Å². The standard InChI is InChI=1S/C8H10N4S/c1-6(2)7-10-8(13-11-7)12-4-3-9-5-12/h3-6H,1-2H3. The van der Waals surface area contributed by atoms with E-state index < -0.39 is 0 Å². The van der Waals surface area contributed by atoms with Gasteiger partial charge in [-0.15, -0.1) is 0 Å². The maximum atomic E-state index is 4.38. The van der Waals surface area contributed by atoms with E-state index in [2.05, 4.69) is 28.2 Å². The van der Waals surface area contributed by atoms with Crippen LogP contribution in [0, 0.1) is 0 Å². The van der Waals surface area contributed by atoms with Gasteiger partial charge in [-0.1, -0.05) is 13.8 Å². The van der Waals surface area contributed by atoms with Crippen molar-refractivity contribution in [2.75, 3.05) is 0 Å². The van der Waals surface area contributed by atoms with Crippen LogP contribution in [0.15, 0.2) is 18.7 Å². The first-order chi connectivity index (χ1) is 6.27. The highest BCUT2D eigenvalue weighted by molar-refractivity contribution is 7.08. The summed E-state index contributed by atoms with van der Waals surface area (Å²) in [7, 11) is 0. The normalized spacial score (nSPS) is 11.0. The number of imidazole rings is 1.